The highest BCUT2D eigenvalue weighted by molar-refractivity contribution is 5.53. The van der Waals surface area contributed by atoms with E-state index >= 15 is 0 Å². The number of carbonyl (C=O) groups is 1. The van der Waals surface area contributed by atoms with Gasteiger partial charge in [-0.3, -0.25) is 0 Å². The molecule has 0 spiro atoms. The second-order valence-electron chi connectivity index (χ2n) is 4.19. The van der Waals surface area contributed by atoms with Crippen molar-refractivity contribution >= 4 is 6.29 Å². The van der Waals surface area contributed by atoms with Gasteiger partial charge in [0.1, 0.15) is 6.29 Å². The van der Waals surface area contributed by atoms with E-state index in [1.165, 1.54) is 13.0 Å². The molecule has 0 amide bonds. The third-order valence-electron chi connectivity index (χ3n) is 2.36. The summed E-state index contributed by atoms with van der Waals surface area (Å²) >= 11 is 0. The quantitative estimate of drug-likeness (QED) is 0.597. The number of likely N-dealkylation sites (tertiary alicyclic amines) is 1. The molecule has 0 aliphatic carbocycles. The van der Waals surface area contributed by atoms with Crippen LogP contribution in [0.2, 0.25) is 0 Å². The van der Waals surface area contributed by atoms with Crippen molar-refractivity contribution in [3.05, 3.63) is 0 Å². The smallest absolute Gasteiger partial charge is 0.124 e. The summed E-state index contributed by atoms with van der Waals surface area (Å²) in [5, 5.41) is 0. The Bertz CT molecular complexity index is 145. The first-order valence-electron chi connectivity index (χ1n) is 4.90. The molecule has 1 aliphatic rings. The first-order chi connectivity index (χ1) is 5.72. The fourth-order valence-corrected chi connectivity index (χ4v) is 1.88. The van der Waals surface area contributed by atoms with Crippen LogP contribution < -0.4 is 0 Å². The molecule has 1 heterocycles. The standard InChI is InChI=1S/C10H19NO/c1-9(2)6-11-5-3-4-10(7-11)8-12/h8-10H,3-7H2,1-2H3/t10-/m0/s1. The summed E-state index contributed by atoms with van der Waals surface area (Å²) < 4.78 is 0. The number of piperidine rings is 1. The maximum absolute atomic E-state index is 10.6. The van der Waals surface area contributed by atoms with Crippen LogP contribution >= 0.6 is 0 Å². The van der Waals surface area contributed by atoms with E-state index in [2.05, 4.69) is 18.7 Å². The molecule has 0 bridgehead atoms. The van der Waals surface area contributed by atoms with Gasteiger partial charge in [-0.05, 0) is 25.3 Å². The van der Waals surface area contributed by atoms with Crippen molar-refractivity contribution < 1.29 is 4.79 Å². The Balaban J connectivity index is 2.30. The van der Waals surface area contributed by atoms with E-state index in [0.717, 1.165) is 31.7 Å². The van der Waals surface area contributed by atoms with Gasteiger partial charge in [0.05, 0.1) is 0 Å². The lowest BCUT2D eigenvalue weighted by atomic mass is 9.99. The average molecular weight is 169 g/mol. The highest BCUT2D eigenvalue weighted by Gasteiger charge is 2.19. The summed E-state index contributed by atoms with van der Waals surface area (Å²) in [5.41, 5.74) is 0. The van der Waals surface area contributed by atoms with Crippen molar-refractivity contribution in [1.29, 1.82) is 0 Å². The van der Waals surface area contributed by atoms with Crippen molar-refractivity contribution in [2.24, 2.45) is 11.8 Å². The predicted molar refractivity (Wildman–Crippen MR) is 50.1 cm³/mol. The van der Waals surface area contributed by atoms with Crippen LogP contribution in [-0.2, 0) is 4.79 Å². The lowest BCUT2D eigenvalue weighted by Crippen LogP contribution is -2.38. The number of hydrogen-bond donors (Lipinski definition) is 0. The number of aldehydes is 1. The molecule has 1 fully saturated rings. The summed E-state index contributed by atoms with van der Waals surface area (Å²) in [5.74, 6) is 1.02. The van der Waals surface area contributed by atoms with E-state index in [0.29, 0.717) is 5.92 Å². The van der Waals surface area contributed by atoms with Crippen molar-refractivity contribution in [1.82, 2.24) is 4.90 Å². The van der Waals surface area contributed by atoms with Gasteiger partial charge >= 0.3 is 0 Å². The maximum Gasteiger partial charge on any atom is 0.124 e. The van der Waals surface area contributed by atoms with Gasteiger partial charge in [0.2, 0.25) is 0 Å². The minimum atomic E-state index is 0.303. The number of rotatable bonds is 3. The molecule has 0 aromatic rings. The summed E-state index contributed by atoms with van der Waals surface area (Å²) in [6.07, 6.45) is 3.40. The largest absolute Gasteiger partial charge is 0.303 e. The topological polar surface area (TPSA) is 20.3 Å². The molecular formula is C10H19NO. The average Bonchev–Trinajstić information content (AvgIpc) is 2.03. The zero-order valence-corrected chi connectivity index (χ0v) is 8.12. The Morgan fingerprint density at radius 2 is 2.33 bits per heavy atom. The first kappa shape index (κ1) is 9.72. The van der Waals surface area contributed by atoms with Gasteiger partial charge in [0.25, 0.3) is 0 Å². The molecule has 1 aliphatic heterocycles. The van der Waals surface area contributed by atoms with Crippen LogP contribution in [0.5, 0.6) is 0 Å². The molecule has 0 aromatic carbocycles. The summed E-state index contributed by atoms with van der Waals surface area (Å²) in [6.45, 7) is 7.77. The van der Waals surface area contributed by atoms with Gasteiger partial charge in [-0.2, -0.15) is 0 Å². The summed E-state index contributed by atoms with van der Waals surface area (Å²) in [4.78, 5) is 13.0. The van der Waals surface area contributed by atoms with E-state index in [4.69, 9.17) is 0 Å². The Morgan fingerprint density at radius 1 is 1.58 bits per heavy atom. The molecule has 2 nitrogen and oxygen atoms in total. The number of hydrogen-bond acceptors (Lipinski definition) is 2. The highest BCUT2D eigenvalue weighted by Crippen LogP contribution is 2.15. The van der Waals surface area contributed by atoms with E-state index in [1.807, 2.05) is 0 Å². The Hall–Kier alpha value is -0.370. The van der Waals surface area contributed by atoms with Crippen LogP contribution in [0.1, 0.15) is 26.7 Å². The van der Waals surface area contributed by atoms with Gasteiger partial charge in [-0.25, -0.2) is 0 Å². The molecule has 0 unspecified atom stereocenters. The Morgan fingerprint density at radius 3 is 2.92 bits per heavy atom. The molecule has 1 rings (SSSR count). The maximum atomic E-state index is 10.6. The Labute approximate surface area is 74.9 Å². The molecule has 0 aromatic heterocycles. The molecule has 1 saturated heterocycles. The predicted octanol–water partition coefficient (Wildman–Crippen LogP) is 1.55. The third kappa shape index (κ3) is 2.94. The molecule has 1 atom stereocenters. The van der Waals surface area contributed by atoms with Gasteiger partial charge in [0.15, 0.2) is 0 Å². The monoisotopic (exact) mass is 169 g/mol. The Kier molecular flexibility index (Phi) is 3.73. The van der Waals surface area contributed by atoms with Crippen molar-refractivity contribution in [2.75, 3.05) is 19.6 Å². The molecule has 12 heavy (non-hydrogen) atoms. The van der Waals surface area contributed by atoms with Crippen molar-refractivity contribution in [3.63, 3.8) is 0 Å². The van der Waals surface area contributed by atoms with E-state index in [1.54, 1.807) is 0 Å². The van der Waals surface area contributed by atoms with Crippen LogP contribution in [0, 0.1) is 11.8 Å². The summed E-state index contributed by atoms with van der Waals surface area (Å²) in [7, 11) is 0. The number of nitrogens with zero attached hydrogens (tertiary/aromatic N) is 1. The second kappa shape index (κ2) is 4.61. The molecular weight excluding hydrogens is 150 g/mol. The van der Waals surface area contributed by atoms with Gasteiger partial charge in [-0.15, -0.1) is 0 Å². The fourth-order valence-electron chi connectivity index (χ4n) is 1.88. The highest BCUT2D eigenvalue weighted by atomic mass is 16.1. The van der Waals surface area contributed by atoms with Gasteiger partial charge in [0, 0.05) is 19.0 Å². The normalized spacial score (nSPS) is 26.1. The van der Waals surface area contributed by atoms with E-state index < -0.39 is 0 Å². The van der Waals surface area contributed by atoms with Gasteiger partial charge in [-0.1, -0.05) is 13.8 Å². The van der Waals surface area contributed by atoms with E-state index in [-0.39, 0.29) is 0 Å². The molecule has 0 saturated carbocycles. The first-order valence-corrected chi connectivity index (χ1v) is 4.90. The molecule has 0 radical (unpaired) electrons. The molecule has 2 heteroatoms. The molecule has 70 valence electrons. The summed E-state index contributed by atoms with van der Waals surface area (Å²) in [6, 6.07) is 0. The third-order valence-corrected chi connectivity index (χ3v) is 2.36. The van der Waals surface area contributed by atoms with Crippen molar-refractivity contribution in [3.8, 4) is 0 Å². The van der Waals surface area contributed by atoms with Gasteiger partial charge < -0.3 is 9.69 Å². The lowest BCUT2D eigenvalue weighted by Gasteiger charge is -2.31. The zero-order valence-electron chi connectivity index (χ0n) is 8.12. The van der Waals surface area contributed by atoms with Crippen LogP contribution in [0.4, 0.5) is 0 Å². The van der Waals surface area contributed by atoms with Crippen molar-refractivity contribution in [2.45, 2.75) is 26.7 Å². The van der Waals surface area contributed by atoms with Crippen LogP contribution in [0.3, 0.4) is 0 Å². The fraction of sp³-hybridized carbons (Fsp3) is 0.900. The molecule has 0 N–H and O–H groups in total. The van der Waals surface area contributed by atoms with Crippen LogP contribution in [-0.4, -0.2) is 30.8 Å². The van der Waals surface area contributed by atoms with E-state index in [9.17, 15) is 4.79 Å². The SMILES string of the molecule is CC(C)CN1CCC[C@H](C=O)C1. The lowest BCUT2D eigenvalue weighted by molar-refractivity contribution is -0.112. The minimum Gasteiger partial charge on any atom is -0.303 e. The minimum absolute atomic E-state index is 0.303. The number of carbonyl (C=O) groups excluding carboxylic acids is 1. The van der Waals surface area contributed by atoms with Crippen LogP contribution in [0.15, 0.2) is 0 Å². The second-order valence-corrected chi connectivity index (χ2v) is 4.19. The zero-order chi connectivity index (χ0) is 8.97. The van der Waals surface area contributed by atoms with Crippen LogP contribution in [0.25, 0.3) is 0 Å².